The molecule has 3 rings (SSSR count). The molecular formula is C14H18N2OS. The van der Waals surface area contributed by atoms with Crippen molar-refractivity contribution in [2.24, 2.45) is 0 Å². The molecule has 2 aromatic rings. The molecule has 1 N–H and O–H groups in total. The Kier molecular flexibility index (Phi) is 3.33. The van der Waals surface area contributed by atoms with Gasteiger partial charge in [-0.2, -0.15) is 0 Å². The van der Waals surface area contributed by atoms with Crippen LogP contribution in [0.3, 0.4) is 0 Å². The first-order valence-corrected chi connectivity index (χ1v) is 7.24. The number of fused-ring (bicyclic) bond motifs is 1. The number of para-hydroxylation sites is 1. The molecule has 4 heteroatoms. The zero-order valence-electron chi connectivity index (χ0n) is 10.6. The summed E-state index contributed by atoms with van der Waals surface area (Å²) in [6.07, 6.45) is 2.16. The van der Waals surface area contributed by atoms with Crippen LogP contribution in [0.1, 0.15) is 24.8 Å². The molecule has 1 saturated heterocycles. The first-order valence-electron chi connectivity index (χ1n) is 6.42. The third kappa shape index (κ3) is 2.55. The van der Waals surface area contributed by atoms with E-state index in [0.717, 1.165) is 38.1 Å². The summed E-state index contributed by atoms with van der Waals surface area (Å²) in [6.45, 7) is 4.87. The van der Waals surface area contributed by atoms with Gasteiger partial charge in [-0.25, -0.2) is 4.98 Å². The molecule has 1 fully saturated rings. The molecule has 2 heterocycles. The van der Waals surface area contributed by atoms with Gasteiger partial charge in [0, 0.05) is 25.3 Å². The van der Waals surface area contributed by atoms with Crippen LogP contribution in [0.15, 0.2) is 24.3 Å². The SMILES string of the molecule is CC1(NCc2nc3ccccc3s2)CCOCC1. The lowest BCUT2D eigenvalue weighted by Crippen LogP contribution is -2.46. The van der Waals surface area contributed by atoms with Crippen molar-refractivity contribution in [3.05, 3.63) is 29.3 Å². The van der Waals surface area contributed by atoms with Gasteiger partial charge < -0.3 is 10.1 Å². The molecule has 0 saturated carbocycles. The normalized spacial score (nSPS) is 19.2. The summed E-state index contributed by atoms with van der Waals surface area (Å²) in [5.41, 5.74) is 1.31. The van der Waals surface area contributed by atoms with Gasteiger partial charge in [-0.05, 0) is 31.9 Å². The third-order valence-corrected chi connectivity index (χ3v) is 4.64. The molecule has 0 amide bonds. The van der Waals surface area contributed by atoms with Gasteiger partial charge >= 0.3 is 0 Å². The molecule has 1 aromatic heterocycles. The highest BCUT2D eigenvalue weighted by molar-refractivity contribution is 7.18. The number of ether oxygens (including phenoxy) is 1. The van der Waals surface area contributed by atoms with Gasteiger partial charge in [0.2, 0.25) is 0 Å². The van der Waals surface area contributed by atoms with E-state index < -0.39 is 0 Å². The van der Waals surface area contributed by atoms with Gasteiger partial charge in [-0.1, -0.05) is 12.1 Å². The average molecular weight is 262 g/mol. The molecule has 1 aromatic carbocycles. The maximum atomic E-state index is 5.41. The zero-order valence-corrected chi connectivity index (χ0v) is 11.4. The molecule has 0 spiro atoms. The molecule has 0 radical (unpaired) electrons. The zero-order chi connectivity index (χ0) is 12.4. The first-order chi connectivity index (χ1) is 8.75. The Morgan fingerprint density at radius 3 is 2.89 bits per heavy atom. The van der Waals surface area contributed by atoms with Crippen molar-refractivity contribution in [1.29, 1.82) is 0 Å². The lowest BCUT2D eigenvalue weighted by atomic mass is 9.93. The van der Waals surface area contributed by atoms with E-state index in [4.69, 9.17) is 4.74 Å². The van der Waals surface area contributed by atoms with Crippen LogP contribution in [-0.4, -0.2) is 23.7 Å². The monoisotopic (exact) mass is 262 g/mol. The van der Waals surface area contributed by atoms with E-state index in [1.807, 2.05) is 6.07 Å². The Balaban J connectivity index is 1.69. The van der Waals surface area contributed by atoms with Gasteiger partial charge in [0.1, 0.15) is 5.01 Å². The summed E-state index contributed by atoms with van der Waals surface area (Å²) < 4.78 is 6.68. The smallest absolute Gasteiger partial charge is 0.108 e. The van der Waals surface area contributed by atoms with E-state index in [-0.39, 0.29) is 5.54 Å². The highest BCUT2D eigenvalue weighted by Gasteiger charge is 2.26. The summed E-state index contributed by atoms with van der Waals surface area (Å²) in [5, 5.41) is 4.81. The van der Waals surface area contributed by atoms with Crippen LogP contribution in [0.25, 0.3) is 10.2 Å². The number of hydrogen-bond acceptors (Lipinski definition) is 4. The lowest BCUT2D eigenvalue weighted by Gasteiger charge is -2.34. The Morgan fingerprint density at radius 1 is 1.33 bits per heavy atom. The second-order valence-electron chi connectivity index (χ2n) is 5.10. The maximum Gasteiger partial charge on any atom is 0.108 e. The van der Waals surface area contributed by atoms with E-state index >= 15 is 0 Å². The van der Waals surface area contributed by atoms with Crippen LogP contribution in [-0.2, 0) is 11.3 Å². The Bertz CT molecular complexity index is 498. The number of nitrogens with one attached hydrogen (secondary N) is 1. The predicted molar refractivity (Wildman–Crippen MR) is 74.9 cm³/mol. The van der Waals surface area contributed by atoms with E-state index in [1.54, 1.807) is 11.3 Å². The fourth-order valence-corrected chi connectivity index (χ4v) is 3.19. The second-order valence-corrected chi connectivity index (χ2v) is 6.22. The van der Waals surface area contributed by atoms with Crippen LogP contribution >= 0.6 is 11.3 Å². The summed E-state index contributed by atoms with van der Waals surface area (Å²) in [7, 11) is 0. The first kappa shape index (κ1) is 12.1. The van der Waals surface area contributed by atoms with Gasteiger partial charge in [-0.15, -0.1) is 11.3 Å². The molecule has 1 aliphatic rings. The van der Waals surface area contributed by atoms with Gasteiger partial charge in [-0.3, -0.25) is 0 Å². The van der Waals surface area contributed by atoms with Crippen LogP contribution in [0.2, 0.25) is 0 Å². The molecule has 18 heavy (non-hydrogen) atoms. The van der Waals surface area contributed by atoms with Crippen molar-refractivity contribution in [3.63, 3.8) is 0 Å². The van der Waals surface area contributed by atoms with Crippen LogP contribution in [0.4, 0.5) is 0 Å². The van der Waals surface area contributed by atoms with E-state index in [2.05, 4.69) is 35.4 Å². The highest BCUT2D eigenvalue weighted by Crippen LogP contribution is 2.24. The number of rotatable bonds is 3. The minimum Gasteiger partial charge on any atom is -0.381 e. The minimum atomic E-state index is 0.204. The largest absolute Gasteiger partial charge is 0.381 e. The highest BCUT2D eigenvalue weighted by atomic mass is 32.1. The molecule has 0 unspecified atom stereocenters. The molecule has 0 aliphatic carbocycles. The number of hydrogen-bond donors (Lipinski definition) is 1. The Morgan fingerprint density at radius 2 is 2.11 bits per heavy atom. The Labute approximate surface area is 111 Å². The fourth-order valence-electron chi connectivity index (χ4n) is 2.28. The van der Waals surface area contributed by atoms with E-state index in [9.17, 15) is 0 Å². The summed E-state index contributed by atoms with van der Waals surface area (Å²) >= 11 is 1.78. The van der Waals surface area contributed by atoms with Crippen LogP contribution in [0.5, 0.6) is 0 Å². The van der Waals surface area contributed by atoms with Crippen molar-refractivity contribution in [2.75, 3.05) is 13.2 Å². The number of aromatic nitrogens is 1. The van der Waals surface area contributed by atoms with Crippen molar-refractivity contribution >= 4 is 21.6 Å². The average Bonchev–Trinajstić information content (AvgIpc) is 2.80. The summed E-state index contributed by atoms with van der Waals surface area (Å²) in [4.78, 5) is 4.65. The van der Waals surface area contributed by atoms with Gasteiger partial charge in [0.25, 0.3) is 0 Å². The molecule has 0 bridgehead atoms. The second kappa shape index (κ2) is 4.96. The minimum absolute atomic E-state index is 0.204. The molecular weight excluding hydrogens is 244 g/mol. The van der Waals surface area contributed by atoms with Crippen LogP contribution in [0, 0.1) is 0 Å². The number of nitrogens with zero attached hydrogens (tertiary/aromatic N) is 1. The quantitative estimate of drug-likeness (QED) is 0.923. The van der Waals surface area contributed by atoms with Gasteiger partial charge in [0.15, 0.2) is 0 Å². The van der Waals surface area contributed by atoms with Gasteiger partial charge in [0.05, 0.1) is 10.2 Å². The van der Waals surface area contributed by atoms with E-state index in [1.165, 1.54) is 9.71 Å². The number of benzene rings is 1. The van der Waals surface area contributed by atoms with Crippen molar-refractivity contribution in [1.82, 2.24) is 10.3 Å². The topological polar surface area (TPSA) is 34.2 Å². The predicted octanol–water partition coefficient (Wildman–Crippen LogP) is 2.96. The van der Waals surface area contributed by atoms with Crippen LogP contribution < -0.4 is 5.32 Å². The summed E-state index contributed by atoms with van der Waals surface area (Å²) in [5.74, 6) is 0. The fraction of sp³-hybridized carbons (Fsp3) is 0.500. The standard InChI is InChI=1S/C14H18N2OS/c1-14(6-8-17-9-7-14)15-10-13-16-11-4-2-3-5-12(11)18-13/h2-5,15H,6-10H2,1H3. The molecule has 1 aliphatic heterocycles. The van der Waals surface area contributed by atoms with Crippen molar-refractivity contribution in [2.45, 2.75) is 31.8 Å². The van der Waals surface area contributed by atoms with E-state index in [0.29, 0.717) is 0 Å². The third-order valence-electron chi connectivity index (χ3n) is 3.60. The number of thiazole rings is 1. The van der Waals surface area contributed by atoms with Crippen molar-refractivity contribution in [3.8, 4) is 0 Å². The molecule has 3 nitrogen and oxygen atoms in total. The van der Waals surface area contributed by atoms with Crippen molar-refractivity contribution < 1.29 is 4.74 Å². The molecule has 0 atom stereocenters. The maximum absolute atomic E-state index is 5.41. The summed E-state index contributed by atoms with van der Waals surface area (Å²) in [6, 6.07) is 8.31. The Hall–Kier alpha value is -0.970. The molecule has 96 valence electrons. The lowest BCUT2D eigenvalue weighted by molar-refractivity contribution is 0.0446.